The molecule has 0 aliphatic heterocycles. The lowest BCUT2D eigenvalue weighted by Crippen LogP contribution is -2.16. The highest BCUT2D eigenvalue weighted by Crippen LogP contribution is 2.20. The predicted molar refractivity (Wildman–Crippen MR) is 95.1 cm³/mol. The average molecular weight is 348 g/mol. The molecule has 0 aliphatic rings. The van der Waals surface area contributed by atoms with E-state index >= 15 is 0 Å². The summed E-state index contributed by atoms with van der Waals surface area (Å²) >= 11 is 0. The van der Waals surface area contributed by atoms with Crippen molar-refractivity contribution in [3.05, 3.63) is 54.1 Å². The number of ether oxygens (including phenoxy) is 1. The van der Waals surface area contributed by atoms with Crippen molar-refractivity contribution in [1.29, 1.82) is 0 Å². The van der Waals surface area contributed by atoms with Gasteiger partial charge in [-0.05, 0) is 42.8 Å². The quantitative estimate of drug-likeness (QED) is 0.805. The first-order valence-electron chi connectivity index (χ1n) is 7.50. The number of anilines is 2. The van der Waals surface area contributed by atoms with Crippen LogP contribution in [0.2, 0.25) is 0 Å². The minimum Gasteiger partial charge on any atom is -0.496 e. The number of rotatable bonds is 7. The van der Waals surface area contributed by atoms with Crippen LogP contribution >= 0.6 is 0 Å². The molecule has 2 aromatic rings. The largest absolute Gasteiger partial charge is 0.496 e. The van der Waals surface area contributed by atoms with Gasteiger partial charge in [-0.2, -0.15) is 0 Å². The third-order valence-corrected chi connectivity index (χ3v) is 4.73. The summed E-state index contributed by atoms with van der Waals surface area (Å²) in [5.41, 5.74) is 1.44. The lowest BCUT2D eigenvalue weighted by atomic mass is 10.2. The Morgan fingerprint density at radius 1 is 1.04 bits per heavy atom. The minimum absolute atomic E-state index is 0.0687. The number of amides is 1. The predicted octanol–water partition coefficient (Wildman–Crippen LogP) is 3.10. The molecule has 0 heterocycles. The van der Waals surface area contributed by atoms with Gasteiger partial charge < -0.3 is 10.1 Å². The maximum Gasteiger partial charge on any atom is 0.259 e. The Labute approximate surface area is 141 Å². The van der Waals surface area contributed by atoms with Gasteiger partial charge in [-0.3, -0.25) is 9.52 Å². The summed E-state index contributed by atoms with van der Waals surface area (Å²) in [4.78, 5) is 12.3. The van der Waals surface area contributed by atoms with Crippen molar-refractivity contribution in [2.45, 2.75) is 13.3 Å². The van der Waals surface area contributed by atoms with Gasteiger partial charge in [-0.15, -0.1) is 0 Å². The van der Waals surface area contributed by atoms with E-state index in [-0.39, 0.29) is 11.7 Å². The summed E-state index contributed by atoms with van der Waals surface area (Å²) in [5.74, 6) is 0.255. The number of carbonyl (C=O) groups excluding carboxylic acids is 1. The molecule has 0 atom stereocenters. The summed E-state index contributed by atoms with van der Waals surface area (Å²) in [6.07, 6.45) is 0.544. The van der Waals surface area contributed by atoms with Crippen LogP contribution in [0, 0.1) is 0 Å². The fourth-order valence-electron chi connectivity index (χ4n) is 2.15. The smallest absolute Gasteiger partial charge is 0.259 e. The van der Waals surface area contributed by atoms with Crippen molar-refractivity contribution in [2.75, 3.05) is 22.9 Å². The number of para-hydroxylation sites is 1. The average Bonchev–Trinajstić information content (AvgIpc) is 2.56. The fourth-order valence-corrected chi connectivity index (χ4v) is 3.29. The zero-order valence-electron chi connectivity index (χ0n) is 13.6. The summed E-state index contributed by atoms with van der Waals surface area (Å²) < 4.78 is 31.1. The molecule has 2 aromatic carbocycles. The molecule has 1 amide bonds. The fraction of sp³-hybridized carbons (Fsp3) is 0.235. The SMILES string of the molecule is CCCS(=O)(=O)Nc1ccc(NC(=O)c2ccccc2OC)cc1. The van der Waals surface area contributed by atoms with Crippen molar-refractivity contribution in [2.24, 2.45) is 0 Å². The van der Waals surface area contributed by atoms with Gasteiger partial charge in [-0.1, -0.05) is 19.1 Å². The Balaban J connectivity index is 2.07. The lowest BCUT2D eigenvalue weighted by Gasteiger charge is -2.10. The molecule has 0 spiro atoms. The van der Waals surface area contributed by atoms with Crippen molar-refractivity contribution in [3.8, 4) is 5.75 Å². The molecule has 0 saturated heterocycles. The molecule has 0 fully saturated rings. The van der Waals surface area contributed by atoms with E-state index in [4.69, 9.17) is 4.74 Å². The number of benzene rings is 2. The van der Waals surface area contributed by atoms with Crippen LogP contribution in [0.4, 0.5) is 11.4 Å². The van der Waals surface area contributed by atoms with E-state index in [1.807, 2.05) is 0 Å². The summed E-state index contributed by atoms with van der Waals surface area (Å²) in [7, 11) is -1.82. The molecule has 0 bridgehead atoms. The normalized spacial score (nSPS) is 10.9. The number of sulfonamides is 1. The molecule has 6 nitrogen and oxygen atoms in total. The molecular formula is C17H20N2O4S. The van der Waals surface area contributed by atoms with Crippen LogP contribution in [0.5, 0.6) is 5.75 Å². The number of carbonyl (C=O) groups is 1. The Bertz CT molecular complexity index is 802. The van der Waals surface area contributed by atoms with Crippen molar-refractivity contribution < 1.29 is 17.9 Å². The third kappa shape index (κ3) is 4.73. The Kier molecular flexibility index (Phi) is 5.81. The summed E-state index contributed by atoms with van der Waals surface area (Å²) in [6.45, 7) is 1.80. The molecule has 2 rings (SSSR count). The highest BCUT2D eigenvalue weighted by Gasteiger charge is 2.12. The zero-order valence-corrected chi connectivity index (χ0v) is 14.4. The van der Waals surface area contributed by atoms with Crippen LogP contribution in [-0.2, 0) is 10.0 Å². The maximum atomic E-state index is 12.3. The Morgan fingerprint density at radius 3 is 2.29 bits per heavy atom. The highest BCUT2D eigenvalue weighted by molar-refractivity contribution is 7.92. The second kappa shape index (κ2) is 7.83. The molecule has 0 unspecified atom stereocenters. The topological polar surface area (TPSA) is 84.5 Å². The number of nitrogens with one attached hydrogen (secondary N) is 2. The first-order valence-corrected chi connectivity index (χ1v) is 9.15. The van der Waals surface area contributed by atoms with Gasteiger partial charge in [0.1, 0.15) is 5.75 Å². The van der Waals surface area contributed by atoms with Gasteiger partial charge in [0.2, 0.25) is 10.0 Å². The summed E-state index contributed by atoms with van der Waals surface area (Å²) in [6, 6.07) is 13.4. The van der Waals surface area contributed by atoms with Gasteiger partial charge in [0, 0.05) is 11.4 Å². The van der Waals surface area contributed by atoms with Gasteiger partial charge in [-0.25, -0.2) is 8.42 Å². The van der Waals surface area contributed by atoms with E-state index in [1.165, 1.54) is 7.11 Å². The van der Waals surface area contributed by atoms with E-state index in [0.717, 1.165) is 0 Å². The molecule has 0 aliphatic carbocycles. The first-order chi connectivity index (χ1) is 11.4. The van der Waals surface area contributed by atoms with Gasteiger partial charge in [0.05, 0.1) is 18.4 Å². The minimum atomic E-state index is -3.33. The van der Waals surface area contributed by atoms with Gasteiger partial charge in [0.25, 0.3) is 5.91 Å². The van der Waals surface area contributed by atoms with Gasteiger partial charge in [0.15, 0.2) is 0 Å². The van der Waals surface area contributed by atoms with Crippen molar-refractivity contribution >= 4 is 27.3 Å². The van der Waals surface area contributed by atoms with Crippen molar-refractivity contribution in [1.82, 2.24) is 0 Å². The second-order valence-corrected chi connectivity index (χ2v) is 6.99. The molecular weight excluding hydrogens is 328 g/mol. The van der Waals surface area contributed by atoms with E-state index in [0.29, 0.717) is 29.1 Å². The van der Waals surface area contributed by atoms with Crippen LogP contribution in [0.15, 0.2) is 48.5 Å². The lowest BCUT2D eigenvalue weighted by molar-refractivity contribution is 0.102. The van der Waals surface area contributed by atoms with E-state index in [1.54, 1.807) is 55.5 Å². The third-order valence-electron chi connectivity index (χ3n) is 3.24. The number of hydrogen-bond acceptors (Lipinski definition) is 4. The molecule has 7 heteroatoms. The van der Waals surface area contributed by atoms with Crippen LogP contribution in [0.3, 0.4) is 0 Å². The Morgan fingerprint density at radius 2 is 1.67 bits per heavy atom. The van der Waals surface area contributed by atoms with Crippen LogP contribution in [0.25, 0.3) is 0 Å². The second-order valence-electron chi connectivity index (χ2n) is 5.15. The molecule has 128 valence electrons. The van der Waals surface area contributed by atoms with E-state index < -0.39 is 10.0 Å². The number of hydrogen-bond donors (Lipinski definition) is 2. The molecule has 0 radical (unpaired) electrons. The molecule has 0 aromatic heterocycles. The van der Waals surface area contributed by atoms with Gasteiger partial charge >= 0.3 is 0 Å². The standard InChI is InChI=1S/C17H20N2O4S/c1-3-12-24(21,22)19-14-10-8-13(9-11-14)18-17(20)15-6-4-5-7-16(15)23-2/h4-11,19H,3,12H2,1-2H3,(H,18,20). The monoisotopic (exact) mass is 348 g/mol. The molecule has 24 heavy (non-hydrogen) atoms. The number of methoxy groups -OCH3 is 1. The Hall–Kier alpha value is -2.54. The molecule has 2 N–H and O–H groups in total. The van der Waals surface area contributed by atoms with Crippen LogP contribution in [0.1, 0.15) is 23.7 Å². The van der Waals surface area contributed by atoms with E-state index in [2.05, 4.69) is 10.0 Å². The van der Waals surface area contributed by atoms with E-state index in [9.17, 15) is 13.2 Å². The van der Waals surface area contributed by atoms with Crippen LogP contribution < -0.4 is 14.8 Å². The first kappa shape index (κ1) is 17.8. The zero-order chi connectivity index (χ0) is 17.6. The highest BCUT2D eigenvalue weighted by atomic mass is 32.2. The molecule has 0 saturated carbocycles. The van der Waals surface area contributed by atoms with Crippen LogP contribution in [-0.4, -0.2) is 27.2 Å². The van der Waals surface area contributed by atoms with Crippen molar-refractivity contribution in [3.63, 3.8) is 0 Å². The maximum absolute atomic E-state index is 12.3. The summed E-state index contributed by atoms with van der Waals surface area (Å²) in [5, 5.41) is 2.75.